The Balaban J connectivity index is 2.11. The number of ketones is 1. The Hall–Kier alpha value is -2.80. The summed E-state index contributed by atoms with van der Waals surface area (Å²) in [5, 5.41) is 13.3. The summed E-state index contributed by atoms with van der Waals surface area (Å²) in [7, 11) is 3.01. The minimum atomic E-state index is -0.779. The molecule has 0 saturated carbocycles. The van der Waals surface area contributed by atoms with Crippen LogP contribution < -0.4 is 14.8 Å². The summed E-state index contributed by atoms with van der Waals surface area (Å²) in [4.78, 5) is 24.3. The molecule has 134 valence electrons. The molecule has 1 atom stereocenters. The second kappa shape index (κ2) is 7.21. The van der Waals surface area contributed by atoms with Gasteiger partial charge in [-0.15, -0.1) is 0 Å². The van der Waals surface area contributed by atoms with Gasteiger partial charge in [0.2, 0.25) is 0 Å². The fourth-order valence-corrected chi connectivity index (χ4v) is 3.08. The summed E-state index contributed by atoms with van der Waals surface area (Å²) in [5.74, 6) is -0.773. The highest BCUT2D eigenvalue weighted by atomic mass is 79.9. The SMILES string of the molecule is COc1ccc(C2NC(=O)C(=O)C2=C(O)c2ccc(Br)cc2)cc1OC. The number of halogens is 1. The standard InChI is InChI=1S/C19H16BrNO5/c1-25-13-8-5-11(9-14(13)26-2)16-15(18(23)19(24)21-16)17(22)10-3-6-12(20)7-4-10/h3-9,16,22H,1-2H3,(H,21,24). The van der Waals surface area contributed by atoms with Gasteiger partial charge in [-0.2, -0.15) is 0 Å². The fourth-order valence-electron chi connectivity index (χ4n) is 2.81. The molecule has 1 amide bonds. The molecule has 0 spiro atoms. The van der Waals surface area contributed by atoms with Gasteiger partial charge in [-0.3, -0.25) is 9.59 Å². The minimum absolute atomic E-state index is 0.00421. The number of carbonyl (C=O) groups excluding carboxylic acids is 2. The normalized spacial score (nSPS) is 18.5. The molecule has 2 aromatic carbocycles. The smallest absolute Gasteiger partial charge is 0.293 e. The van der Waals surface area contributed by atoms with Crippen LogP contribution in [0.5, 0.6) is 11.5 Å². The number of ether oxygens (including phenoxy) is 2. The van der Waals surface area contributed by atoms with Crippen LogP contribution in [0.3, 0.4) is 0 Å². The molecule has 1 aliphatic heterocycles. The van der Waals surface area contributed by atoms with E-state index in [1.807, 2.05) is 0 Å². The fraction of sp³-hybridized carbons (Fsp3) is 0.158. The summed E-state index contributed by atoms with van der Waals surface area (Å²) in [6.45, 7) is 0. The number of methoxy groups -OCH3 is 2. The lowest BCUT2D eigenvalue weighted by Gasteiger charge is -2.16. The molecular weight excluding hydrogens is 402 g/mol. The molecule has 7 heteroatoms. The van der Waals surface area contributed by atoms with Gasteiger partial charge in [0.1, 0.15) is 5.76 Å². The second-order valence-corrected chi connectivity index (χ2v) is 6.53. The zero-order valence-corrected chi connectivity index (χ0v) is 15.7. The molecule has 0 radical (unpaired) electrons. The predicted molar refractivity (Wildman–Crippen MR) is 99.1 cm³/mol. The largest absolute Gasteiger partial charge is 0.507 e. The van der Waals surface area contributed by atoms with Crippen molar-refractivity contribution in [1.29, 1.82) is 0 Å². The van der Waals surface area contributed by atoms with E-state index in [9.17, 15) is 14.7 Å². The first kappa shape index (κ1) is 18.0. The monoisotopic (exact) mass is 417 g/mol. The van der Waals surface area contributed by atoms with Crippen molar-refractivity contribution < 1.29 is 24.2 Å². The summed E-state index contributed by atoms with van der Waals surface area (Å²) in [6, 6.07) is 11.1. The molecule has 2 aromatic rings. The van der Waals surface area contributed by atoms with Crippen molar-refractivity contribution in [2.75, 3.05) is 14.2 Å². The van der Waals surface area contributed by atoms with Crippen LogP contribution in [0.15, 0.2) is 52.5 Å². The van der Waals surface area contributed by atoms with Crippen LogP contribution in [0.1, 0.15) is 17.2 Å². The molecule has 1 aliphatic rings. The Kier molecular flexibility index (Phi) is 4.99. The lowest BCUT2D eigenvalue weighted by Crippen LogP contribution is -2.21. The van der Waals surface area contributed by atoms with E-state index in [1.165, 1.54) is 14.2 Å². The van der Waals surface area contributed by atoms with E-state index in [2.05, 4.69) is 21.2 Å². The number of hydrogen-bond acceptors (Lipinski definition) is 5. The lowest BCUT2D eigenvalue weighted by molar-refractivity contribution is -0.133. The van der Waals surface area contributed by atoms with Crippen LogP contribution in [0, 0.1) is 0 Å². The summed E-state index contributed by atoms with van der Waals surface area (Å²) < 4.78 is 11.3. The van der Waals surface area contributed by atoms with Gasteiger partial charge in [-0.1, -0.05) is 34.1 Å². The van der Waals surface area contributed by atoms with E-state index in [0.717, 1.165) is 4.47 Å². The van der Waals surface area contributed by atoms with Gasteiger partial charge in [0, 0.05) is 10.0 Å². The average Bonchev–Trinajstić information content (AvgIpc) is 2.96. The summed E-state index contributed by atoms with van der Waals surface area (Å²) in [6.07, 6.45) is 0. The van der Waals surface area contributed by atoms with E-state index >= 15 is 0 Å². The van der Waals surface area contributed by atoms with Crippen LogP contribution >= 0.6 is 15.9 Å². The topological polar surface area (TPSA) is 84.9 Å². The summed E-state index contributed by atoms with van der Waals surface area (Å²) >= 11 is 3.32. The van der Waals surface area contributed by atoms with Gasteiger partial charge in [0.05, 0.1) is 25.8 Å². The maximum absolute atomic E-state index is 12.4. The van der Waals surface area contributed by atoms with E-state index in [1.54, 1.807) is 42.5 Å². The summed E-state index contributed by atoms with van der Waals surface area (Å²) in [5.41, 5.74) is 1.04. The van der Waals surface area contributed by atoms with Crippen molar-refractivity contribution in [3.05, 3.63) is 63.6 Å². The number of benzene rings is 2. The zero-order chi connectivity index (χ0) is 18.8. The van der Waals surface area contributed by atoms with Crippen molar-refractivity contribution in [1.82, 2.24) is 5.32 Å². The molecule has 3 rings (SSSR count). The number of rotatable bonds is 4. The van der Waals surface area contributed by atoms with Crippen molar-refractivity contribution in [3.8, 4) is 11.5 Å². The van der Waals surface area contributed by atoms with Gasteiger partial charge < -0.3 is 19.9 Å². The maximum atomic E-state index is 12.4. The van der Waals surface area contributed by atoms with Gasteiger partial charge in [0.25, 0.3) is 11.7 Å². The third-order valence-electron chi connectivity index (χ3n) is 4.13. The lowest BCUT2D eigenvalue weighted by atomic mass is 9.95. The Morgan fingerprint density at radius 2 is 1.69 bits per heavy atom. The van der Waals surface area contributed by atoms with E-state index in [0.29, 0.717) is 22.6 Å². The Morgan fingerprint density at radius 3 is 2.31 bits per heavy atom. The minimum Gasteiger partial charge on any atom is -0.507 e. The van der Waals surface area contributed by atoms with Crippen molar-refractivity contribution in [2.24, 2.45) is 0 Å². The Morgan fingerprint density at radius 1 is 1.04 bits per heavy atom. The highest BCUT2D eigenvalue weighted by Crippen LogP contribution is 2.37. The molecule has 1 heterocycles. The number of carbonyl (C=O) groups is 2. The molecule has 1 fully saturated rings. The molecule has 6 nitrogen and oxygen atoms in total. The van der Waals surface area contributed by atoms with E-state index < -0.39 is 17.7 Å². The highest BCUT2D eigenvalue weighted by molar-refractivity contribution is 9.10. The van der Waals surface area contributed by atoms with Crippen molar-refractivity contribution in [2.45, 2.75) is 6.04 Å². The van der Waals surface area contributed by atoms with E-state index in [4.69, 9.17) is 9.47 Å². The molecule has 0 aromatic heterocycles. The third-order valence-corrected chi connectivity index (χ3v) is 4.66. The van der Waals surface area contributed by atoms with Crippen LogP contribution in [0.25, 0.3) is 5.76 Å². The molecule has 2 N–H and O–H groups in total. The number of amides is 1. The zero-order valence-electron chi connectivity index (χ0n) is 14.1. The van der Waals surface area contributed by atoms with Crippen molar-refractivity contribution >= 4 is 33.4 Å². The van der Waals surface area contributed by atoms with Crippen LogP contribution in [0.2, 0.25) is 0 Å². The molecule has 26 heavy (non-hydrogen) atoms. The highest BCUT2D eigenvalue weighted by Gasteiger charge is 2.39. The first-order valence-electron chi connectivity index (χ1n) is 7.72. The van der Waals surface area contributed by atoms with Gasteiger partial charge in [-0.25, -0.2) is 0 Å². The van der Waals surface area contributed by atoms with E-state index in [-0.39, 0.29) is 11.3 Å². The number of aliphatic hydroxyl groups excluding tert-OH is 1. The predicted octanol–water partition coefficient (Wildman–Crippen LogP) is 3.18. The van der Waals surface area contributed by atoms with Crippen LogP contribution in [-0.2, 0) is 9.59 Å². The van der Waals surface area contributed by atoms with Gasteiger partial charge >= 0.3 is 0 Å². The first-order chi connectivity index (χ1) is 12.5. The second-order valence-electron chi connectivity index (χ2n) is 5.62. The Labute approximate surface area is 158 Å². The number of hydrogen-bond donors (Lipinski definition) is 2. The molecule has 1 unspecified atom stereocenters. The molecular formula is C19H16BrNO5. The van der Waals surface area contributed by atoms with Crippen LogP contribution in [-0.4, -0.2) is 31.0 Å². The van der Waals surface area contributed by atoms with Gasteiger partial charge in [-0.05, 0) is 29.8 Å². The molecule has 1 saturated heterocycles. The quantitative estimate of drug-likeness (QED) is 0.453. The first-order valence-corrected chi connectivity index (χ1v) is 8.51. The average molecular weight is 418 g/mol. The van der Waals surface area contributed by atoms with Crippen molar-refractivity contribution in [3.63, 3.8) is 0 Å². The van der Waals surface area contributed by atoms with Gasteiger partial charge in [0.15, 0.2) is 11.5 Å². The Bertz CT molecular complexity index is 905. The number of nitrogens with one attached hydrogen (secondary N) is 1. The molecule has 0 aliphatic carbocycles. The third kappa shape index (κ3) is 3.17. The maximum Gasteiger partial charge on any atom is 0.293 e. The number of aliphatic hydroxyl groups is 1. The molecule has 0 bridgehead atoms. The number of Topliss-reactive ketones (excluding diaryl/α,β-unsaturated/α-hetero) is 1. The van der Waals surface area contributed by atoms with Crippen LogP contribution in [0.4, 0.5) is 0 Å².